The highest BCUT2D eigenvalue weighted by atomic mass is 32.1. The average Bonchev–Trinajstić information content (AvgIpc) is 2.80. The van der Waals surface area contributed by atoms with Gasteiger partial charge in [0, 0.05) is 41.5 Å². The number of rotatable bonds is 4. The number of aryl methyl sites for hydroxylation is 1. The molecule has 2 rings (SSSR count). The van der Waals surface area contributed by atoms with Crippen molar-refractivity contribution < 1.29 is 0 Å². The van der Waals surface area contributed by atoms with Crippen LogP contribution in [0.3, 0.4) is 0 Å². The maximum Gasteiger partial charge on any atom is 0.0594 e. The molecule has 0 amide bonds. The second-order valence-electron chi connectivity index (χ2n) is 5.79. The molecule has 0 saturated carbocycles. The normalized spacial score (nSPS) is 25.4. The molecule has 19 heavy (non-hydrogen) atoms. The zero-order valence-corrected chi connectivity index (χ0v) is 13.4. The van der Waals surface area contributed by atoms with Crippen molar-refractivity contribution in [3.8, 4) is 0 Å². The molecule has 0 aliphatic carbocycles. The first kappa shape index (κ1) is 15.0. The minimum atomic E-state index is 0.230. The smallest absolute Gasteiger partial charge is 0.0594 e. The van der Waals surface area contributed by atoms with Gasteiger partial charge in [-0.15, -0.1) is 11.3 Å². The van der Waals surface area contributed by atoms with E-state index < -0.39 is 0 Å². The molecule has 0 bridgehead atoms. The third-order valence-corrected chi connectivity index (χ3v) is 5.39. The van der Waals surface area contributed by atoms with Crippen molar-refractivity contribution in [2.45, 2.75) is 45.3 Å². The molecule has 4 heteroatoms. The molecule has 1 aromatic rings. The molecule has 2 N–H and O–H groups in total. The molecule has 2 heterocycles. The van der Waals surface area contributed by atoms with Gasteiger partial charge in [-0.05, 0) is 39.4 Å². The molecule has 3 nitrogen and oxygen atoms in total. The van der Waals surface area contributed by atoms with Gasteiger partial charge in [0.25, 0.3) is 0 Å². The Morgan fingerprint density at radius 3 is 2.68 bits per heavy atom. The summed E-state index contributed by atoms with van der Waals surface area (Å²) in [4.78, 5) is 7.84. The third kappa shape index (κ3) is 3.37. The van der Waals surface area contributed by atoms with E-state index in [0.717, 1.165) is 26.1 Å². The van der Waals surface area contributed by atoms with Gasteiger partial charge in [-0.3, -0.25) is 4.90 Å². The molecule has 1 fully saturated rings. The Labute approximate surface area is 121 Å². The van der Waals surface area contributed by atoms with Crippen molar-refractivity contribution in [2.24, 2.45) is 5.73 Å². The van der Waals surface area contributed by atoms with Crippen LogP contribution in [0.4, 0.5) is 0 Å². The molecule has 1 aliphatic rings. The van der Waals surface area contributed by atoms with Crippen molar-refractivity contribution in [2.75, 3.05) is 26.7 Å². The first-order chi connectivity index (χ1) is 9.02. The fourth-order valence-corrected chi connectivity index (χ4v) is 3.92. The highest BCUT2D eigenvalue weighted by molar-refractivity contribution is 7.12. The van der Waals surface area contributed by atoms with Crippen molar-refractivity contribution in [1.29, 1.82) is 0 Å². The predicted octanol–water partition coefficient (Wildman–Crippen LogP) is 2.47. The molecule has 0 radical (unpaired) electrons. The van der Waals surface area contributed by atoms with Gasteiger partial charge in [-0.2, -0.15) is 0 Å². The lowest BCUT2D eigenvalue weighted by Gasteiger charge is -2.43. The van der Waals surface area contributed by atoms with E-state index in [1.807, 2.05) is 11.3 Å². The summed E-state index contributed by atoms with van der Waals surface area (Å²) in [6.45, 7) is 10.0. The molecular formula is C15H27N3S. The molecule has 1 aromatic heterocycles. The van der Waals surface area contributed by atoms with Crippen LogP contribution in [0.25, 0.3) is 0 Å². The Morgan fingerprint density at radius 2 is 2.16 bits per heavy atom. The van der Waals surface area contributed by atoms with Crippen LogP contribution in [0.5, 0.6) is 0 Å². The summed E-state index contributed by atoms with van der Waals surface area (Å²) < 4.78 is 0. The minimum Gasteiger partial charge on any atom is -0.326 e. The Balaban J connectivity index is 2.18. The second kappa shape index (κ2) is 6.35. The SMILES string of the molecule is CCC(N)C(c1ccc(C)s1)N1CCN(C)C(C)C1. The Hall–Kier alpha value is -0.420. The van der Waals surface area contributed by atoms with Gasteiger partial charge in [0.15, 0.2) is 0 Å². The molecule has 0 spiro atoms. The minimum absolute atomic E-state index is 0.230. The van der Waals surface area contributed by atoms with E-state index >= 15 is 0 Å². The molecule has 1 aliphatic heterocycles. The summed E-state index contributed by atoms with van der Waals surface area (Å²) in [5.41, 5.74) is 6.42. The van der Waals surface area contributed by atoms with Crippen LogP contribution in [0.15, 0.2) is 12.1 Å². The Bertz CT molecular complexity index is 404. The van der Waals surface area contributed by atoms with Crippen molar-refractivity contribution in [1.82, 2.24) is 9.80 Å². The predicted molar refractivity (Wildman–Crippen MR) is 83.7 cm³/mol. The monoisotopic (exact) mass is 281 g/mol. The van der Waals surface area contributed by atoms with Crippen LogP contribution in [-0.4, -0.2) is 48.6 Å². The number of likely N-dealkylation sites (N-methyl/N-ethyl adjacent to an activating group) is 1. The highest BCUT2D eigenvalue weighted by Gasteiger charge is 2.31. The average molecular weight is 281 g/mol. The standard InChI is InChI=1S/C15H27N3S/c1-5-13(16)15(14-7-6-12(3)19-14)18-9-8-17(4)11(2)10-18/h6-7,11,13,15H,5,8-10,16H2,1-4H3. The van der Waals surface area contributed by atoms with Crippen LogP contribution in [0.1, 0.15) is 36.1 Å². The summed E-state index contributed by atoms with van der Waals surface area (Å²) in [6.07, 6.45) is 1.03. The van der Waals surface area contributed by atoms with E-state index in [1.165, 1.54) is 9.75 Å². The number of hydrogen-bond acceptors (Lipinski definition) is 4. The maximum absolute atomic E-state index is 6.42. The molecule has 1 saturated heterocycles. The Kier molecular flexibility index (Phi) is 5.01. The lowest BCUT2D eigenvalue weighted by Crippen LogP contribution is -2.53. The van der Waals surface area contributed by atoms with Gasteiger partial charge in [0.05, 0.1) is 6.04 Å². The van der Waals surface area contributed by atoms with Crippen molar-refractivity contribution in [3.05, 3.63) is 21.9 Å². The zero-order valence-electron chi connectivity index (χ0n) is 12.6. The fraction of sp³-hybridized carbons (Fsp3) is 0.733. The van der Waals surface area contributed by atoms with Crippen LogP contribution in [0.2, 0.25) is 0 Å². The molecule has 3 unspecified atom stereocenters. The van der Waals surface area contributed by atoms with Crippen molar-refractivity contribution in [3.63, 3.8) is 0 Å². The Morgan fingerprint density at radius 1 is 1.42 bits per heavy atom. The summed E-state index contributed by atoms with van der Waals surface area (Å²) in [5.74, 6) is 0. The van der Waals surface area contributed by atoms with E-state index in [2.05, 4.69) is 49.8 Å². The van der Waals surface area contributed by atoms with E-state index in [-0.39, 0.29) is 6.04 Å². The summed E-state index contributed by atoms with van der Waals surface area (Å²) in [5, 5.41) is 0. The summed E-state index contributed by atoms with van der Waals surface area (Å²) in [7, 11) is 2.21. The number of piperazine rings is 1. The van der Waals surface area contributed by atoms with Crippen LogP contribution >= 0.6 is 11.3 Å². The molecule has 108 valence electrons. The third-order valence-electron chi connectivity index (χ3n) is 4.31. The maximum atomic E-state index is 6.42. The van der Waals surface area contributed by atoms with Gasteiger partial charge in [0.2, 0.25) is 0 Å². The molecular weight excluding hydrogens is 254 g/mol. The largest absolute Gasteiger partial charge is 0.326 e. The first-order valence-electron chi connectivity index (χ1n) is 7.29. The van der Waals surface area contributed by atoms with E-state index in [0.29, 0.717) is 12.1 Å². The first-order valence-corrected chi connectivity index (χ1v) is 8.10. The number of nitrogens with zero attached hydrogens (tertiary/aromatic N) is 2. The van der Waals surface area contributed by atoms with E-state index in [4.69, 9.17) is 5.73 Å². The lowest BCUT2D eigenvalue weighted by atomic mass is 10.0. The topological polar surface area (TPSA) is 32.5 Å². The number of hydrogen-bond donors (Lipinski definition) is 1. The van der Waals surface area contributed by atoms with Crippen LogP contribution < -0.4 is 5.73 Å². The molecule has 0 aromatic carbocycles. The van der Waals surface area contributed by atoms with E-state index in [1.54, 1.807) is 0 Å². The summed E-state index contributed by atoms with van der Waals surface area (Å²) >= 11 is 1.90. The molecule has 3 atom stereocenters. The van der Waals surface area contributed by atoms with Gasteiger partial charge in [-0.1, -0.05) is 6.92 Å². The number of thiophene rings is 1. The highest BCUT2D eigenvalue weighted by Crippen LogP contribution is 2.32. The second-order valence-corrected chi connectivity index (χ2v) is 7.11. The van der Waals surface area contributed by atoms with Gasteiger partial charge < -0.3 is 10.6 Å². The van der Waals surface area contributed by atoms with Crippen molar-refractivity contribution >= 4 is 11.3 Å². The van der Waals surface area contributed by atoms with Gasteiger partial charge >= 0.3 is 0 Å². The lowest BCUT2D eigenvalue weighted by molar-refractivity contribution is 0.0624. The van der Waals surface area contributed by atoms with E-state index in [9.17, 15) is 0 Å². The summed E-state index contributed by atoms with van der Waals surface area (Å²) in [6, 6.07) is 5.72. The zero-order chi connectivity index (χ0) is 14.0. The number of nitrogens with two attached hydrogens (primary N) is 1. The van der Waals surface area contributed by atoms with Crippen LogP contribution in [-0.2, 0) is 0 Å². The van der Waals surface area contributed by atoms with Gasteiger partial charge in [-0.25, -0.2) is 0 Å². The fourth-order valence-electron chi connectivity index (χ4n) is 2.83. The quantitative estimate of drug-likeness (QED) is 0.920. The van der Waals surface area contributed by atoms with Gasteiger partial charge in [0.1, 0.15) is 0 Å². The van der Waals surface area contributed by atoms with Crippen LogP contribution in [0, 0.1) is 6.92 Å².